The van der Waals surface area contributed by atoms with Gasteiger partial charge in [0.25, 0.3) is 0 Å². The van der Waals surface area contributed by atoms with Gasteiger partial charge in [-0.2, -0.15) is 0 Å². The fraction of sp³-hybridized carbons (Fsp3) is 0.333. The lowest BCUT2D eigenvalue weighted by Crippen LogP contribution is -2.53. The lowest BCUT2D eigenvalue weighted by atomic mass is 9.97. The second kappa shape index (κ2) is 7.04. The molecular formula is C21H21NO5. The highest BCUT2D eigenvalue weighted by Crippen LogP contribution is 2.44. The van der Waals surface area contributed by atoms with Gasteiger partial charge in [-0.15, -0.1) is 0 Å². The second-order valence-electron chi connectivity index (χ2n) is 7.00. The molecule has 0 aromatic heterocycles. The van der Waals surface area contributed by atoms with E-state index in [0.29, 0.717) is 13.2 Å². The molecule has 1 aliphatic carbocycles. The lowest BCUT2D eigenvalue weighted by Gasteiger charge is -2.35. The molecule has 0 bridgehead atoms. The minimum absolute atomic E-state index is 0.0509. The van der Waals surface area contributed by atoms with Gasteiger partial charge in [0.05, 0.1) is 13.2 Å². The highest BCUT2D eigenvalue weighted by atomic mass is 16.6. The van der Waals surface area contributed by atoms with Gasteiger partial charge in [-0.25, -0.2) is 9.59 Å². The van der Waals surface area contributed by atoms with Crippen molar-refractivity contribution in [1.82, 2.24) is 4.90 Å². The summed E-state index contributed by atoms with van der Waals surface area (Å²) in [6.07, 6.45) is -0.629. The number of hydrogen-bond donors (Lipinski definition) is 1. The number of aliphatic carboxylic acids is 1. The molecule has 0 spiro atoms. The van der Waals surface area contributed by atoms with Crippen LogP contribution in [0, 0.1) is 5.92 Å². The van der Waals surface area contributed by atoms with E-state index in [2.05, 4.69) is 12.1 Å². The van der Waals surface area contributed by atoms with E-state index >= 15 is 0 Å². The summed E-state index contributed by atoms with van der Waals surface area (Å²) in [5, 5.41) is 9.46. The van der Waals surface area contributed by atoms with Crippen LogP contribution >= 0.6 is 0 Å². The van der Waals surface area contributed by atoms with Gasteiger partial charge in [0.2, 0.25) is 0 Å². The normalized spacial score (nSPS) is 16.8. The molecule has 1 N–H and O–H groups in total. The van der Waals surface area contributed by atoms with Crippen LogP contribution in [-0.4, -0.2) is 55.0 Å². The molecule has 1 atom stereocenters. The number of carbonyl (C=O) groups excluding carboxylic acids is 1. The molecule has 140 valence electrons. The molecule has 27 heavy (non-hydrogen) atoms. The SMILES string of the molecule is CN(C(=O)OCC1c2ccccc2-c2ccccc21)C(C(=O)O)C1COC1. The first-order valence-electron chi connectivity index (χ1n) is 8.96. The largest absolute Gasteiger partial charge is 0.480 e. The Bertz CT molecular complexity index is 831. The fourth-order valence-corrected chi connectivity index (χ4v) is 3.93. The quantitative estimate of drug-likeness (QED) is 0.879. The predicted molar refractivity (Wildman–Crippen MR) is 98.6 cm³/mol. The van der Waals surface area contributed by atoms with Crippen molar-refractivity contribution in [3.8, 4) is 11.1 Å². The summed E-state index contributed by atoms with van der Waals surface area (Å²) in [5.74, 6) is -1.29. The highest BCUT2D eigenvalue weighted by molar-refractivity contribution is 5.81. The molecule has 0 saturated carbocycles. The van der Waals surface area contributed by atoms with Crippen LogP contribution in [0.25, 0.3) is 11.1 Å². The molecule has 1 amide bonds. The number of amides is 1. The van der Waals surface area contributed by atoms with Gasteiger partial charge in [-0.3, -0.25) is 4.90 Å². The third kappa shape index (κ3) is 3.06. The molecule has 6 heteroatoms. The van der Waals surface area contributed by atoms with E-state index < -0.39 is 18.1 Å². The molecule has 1 saturated heterocycles. The Morgan fingerprint density at radius 2 is 1.67 bits per heavy atom. The first-order valence-corrected chi connectivity index (χ1v) is 8.96. The summed E-state index contributed by atoms with van der Waals surface area (Å²) >= 11 is 0. The molecule has 2 aliphatic rings. The predicted octanol–water partition coefficient (Wildman–Crippen LogP) is 2.97. The van der Waals surface area contributed by atoms with Crippen molar-refractivity contribution in [3.63, 3.8) is 0 Å². The van der Waals surface area contributed by atoms with E-state index in [0.717, 1.165) is 22.3 Å². The van der Waals surface area contributed by atoms with E-state index in [1.54, 1.807) is 0 Å². The van der Waals surface area contributed by atoms with Crippen molar-refractivity contribution >= 4 is 12.1 Å². The van der Waals surface area contributed by atoms with Gasteiger partial charge in [0.15, 0.2) is 0 Å². The minimum atomic E-state index is -1.04. The Morgan fingerprint density at radius 3 is 2.15 bits per heavy atom. The van der Waals surface area contributed by atoms with Crippen LogP contribution < -0.4 is 0 Å². The van der Waals surface area contributed by atoms with E-state index in [1.165, 1.54) is 11.9 Å². The average molecular weight is 367 g/mol. The van der Waals surface area contributed by atoms with E-state index in [-0.39, 0.29) is 18.4 Å². The summed E-state index contributed by atoms with van der Waals surface area (Å²) in [7, 11) is 1.47. The van der Waals surface area contributed by atoms with Crippen molar-refractivity contribution in [2.24, 2.45) is 5.92 Å². The third-order valence-electron chi connectivity index (χ3n) is 5.40. The molecule has 2 aromatic rings. The summed E-state index contributed by atoms with van der Waals surface area (Å²) in [6.45, 7) is 0.862. The van der Waals surface area contributed by atoms with Gasteiger partial charge in [-0.05, 0) is 22.3 Å². The smallest absolute Gasteiger partial charge is 0.410 e. The summed E-state index contributed by atoms with van der Waals surface area (Å²) < 4.78 is 10.6. The van der Waals surface area contributed by atoms with Gasteiger partial charge in [0.1, 0.15) is 12.6 Å². The van der Waals surface area contributed by atoms with E-state index in [1.807, 2.05) is 36.4 Å². The summed E-state index contributed by atoms with van der Waals surface area (Å²) in [5.41, 5.74) is 4.54. The standard InChI is InChI=1S/C21H21NO5/c1-22(19(20(23)24)13-10-26-11-13)21(25)27-12-18-16-8-4-2-6-14(16)15-7-3-5-9-17(15)18/h2-9,13,18-19H,10-12H2,1H3,(H,23,24). The maximum Gasteiger partial charge on any atom is 0.410 e. The summed E-state index contributed by atoms with van der Waals surface area (Å²) in [4.78, 5) is 25.2. The maximum absolute atomic E-state index is 12.5. The van der Waals surface area contributed by atoms with Crippen molar-refractivity contribution in [1.29, 1.82) is 0 Å². The number of fused-ring (bicyclic) bond motifs is 3. The Morgan fingerprint density at radius 1 is 1.11 bits per heavy atom. The Hall–Kier alpha value is -2.86. The summed E-state index contributed by atoms with van der Waals surface area (Å²) in [6, 6.07) is 15.2. The first-order chi connectivity index (χ1) is 13.1. The first kappa shape index (κ1) is 17.5. The minimum Gasteiger partial charge on any atom is -0.480 e. The zero-order chi connectivity index (χ0) is 19.0. The number of carbonyl (C=O) groups is 2. The molecule has 1 unspecified atom stereocenters. The Balaban J connectivity index is 1.50. The highest BCUT2D eigenvalue weighted by Gasteiger charge is 2.39. The van der Waals surface area contributed by atoms with Crippen molar-refractivity contribution in [2.75, 3.05) is 26.9 Å². The molecule has 4 rings (SSSR count). The second-order valence-corrected chi connectivity index (χ2v) is 7.00. The molecule has 6 nitrogen and oxygen atoms in total. The number of hydrogen-bond acceptors (Lipinski definition) is 4. The Kier molecular flexibility index (Phi) is 4.58. The van der Waals surface area contributed by atoms with Crippen molar-refractivity contribution in [3.05, 3.63) is 59.7 Å². The zero-order valence-electron chi connectivity index (χ0n) is 15.0. The van der Waals surface area contributed by atoms with Crippen LogP contribution in [0.3, 0.4) is 0 Å². The zero-order valence-corrected chi connectivity index (χ0v) is 15.0. The third-order valence-corrected chi connectivity index (χ3v) is 5.40. The average Bonchev–Trinajstić information content (AvgIpc) is 2.95. The van der Waals surface area contributed by atoms with Gasteiger partial charge < -0.3 is 14.6 Å². The number of carboxylic acids is 1. The van der Waals surface area contributed by atoms with E-state index in [4.69, 9.17) is 9.47 Å². The van der Waals surface area contributed by atoms with E-state index in [9.17, 15) is 14.7 Å². The molecule has 1 fully saturated rings. The number of likely N-dealkylation sites (N-methyl/N-ethyl adjacent to an activating group) is 1. The Labute approximate surface area is 157 Å². The molecule has 2 aromatic carbocycles. The van der Waals surface area contributed by atoms with Crippen LogP contribution in [0.4, 0.5) is 4.79 Å². The van der Waals surface area contributed by atoms with Gasteiger partial charge >= 0.3 is 12.1 Å². The fourth-order valence-electron chi connectivity index (χ4n) is 3.93. The number of benzene rings is 2. The van der Waals surface area contributed by atoms with Crippen LogP contribution in [0.15, 0.2) is 48.5 Å². The molecule has 1 aliphatic heterocycles. The van der Waals surface area contributed by atoms with Gasteiger partial charge in [-0.1, -0.05) is 48.5 Å². The maximum atomic E-state index is 12.5. The van der Waals surface area contributed by atoms with Crippen LogP contribution in [-0.2, 0) is 14.3 Å². The number of carboxylic acid groups (broad SMARTS) is 1. The van der Waals surface area contributed by atoms with Gasteiger partial charge in [0, 0.05) is 18.9 Å². The van der Waals surface area contributed by atoms with Crippen LogP contribution in [0.2, 0.25) is 0 Å². The lowest BCUT2D eigenvalue weighted by molar-refractivity contribution is -0.152. The van der Waals surface area contributed by atoms with Crippen molar-refractivity contribution in [2.45, 2.75) is 12.0 Å². The topological polar surface area (TPSA) is 76.1 Å². The number of rotatable bonds is 5. The van der Waals surface area contributed by atoms with Crippen molar-refractivity contribution < 1.29 is 24.2 Å². The van der Waals surface area contributed by atoms with Crippen LogP contribution in [0.1, 0.15) is 17.0 Å². The molecule has 1 heterocycles. The number of nitrogens with zero attached hydrogens (tertiary/aromatic N) is 1. The monoisotopic (exact) mass is 367 g/mol. The number of ether oxygens (including phenoxy) is 2. The molecular weight excluding hydrogens is 346 g/mol. The molecule has 0 radical (unpaired) electrons. The van der Waals surface area contributed by atoms with Crippen LogP contribution in [0.5, 0.6) is 0 Å².